The van der Waals surface area contributed by atoms with Gasteiger partial charge in [0.05, 0.1) is 13.0 Å². The Bertz CT molecular complexity index is 581. The molecule has 3 rings (SSSR count). The van der Waals surface area contributed by atoms with Gasteiger partial charge in [-0.15, -0.1) is 0 Å². The van der Waals surface area contributed by atoms with E-state index in [0.29, 0.717) is 31.8 Å². The lowest BCUT2D eigenvalue weighted by atomic mass is 9.96. The summed E-state index contributed by atoms with van der Waals surface area (Å²) >= 11 is 3.48. The first-order valence-corrected chi connectivity index (χ1v) is 8.51. The van der Waals surface area contributed by atoms with Crippen molar-refractivity contribution in [3.05, 3.63) is 34.3 Å². The summed E-state index contributed by atoms with van der Waals surface area (Å²) in [6.07, 6.45) is 2.37. The smallest absolute Gasteiger partial charge is 0.308 e. The van der Waals surface area contributed by atoms with Crippen LogP contribution in [0.5, 0.6) is 0 Å². The lowest BCUT2D eigenvalue weighted by molar-refractivity contribution is -0.149. The van der Waals surface area contributed by atoms with E-state index in [1.54, 1.807) is 0 Å². The van der Waals surface area contributed by atoms with Crippen LogP contribution in [0.25, 0.3) is 0 Å². The fourth-order valence-corrected chi connectivity index (χ4v) is 3.73. The first-order valence-electron chi connectivity index (χ1n) is 7.72. The number of methoxy groups -OCH3 is 1. The predicted octanol–water partition coefficient (Wildman–Crippen LogP) is 2.96. The van der Waals surface area contributed by atoms with E-state index in [0.717, 1.165) is 10.9 Å². The normalized spacial score (nSPS) is 24.9. The lowest BCUT2D eigenvalue weighted by Crippen LogP contribution is -2.41. The summed E-state index contributed by atoms with van der Waals surface area (Å²) in [6, 6.07) is 8.20. The highest BCUT2D eigenvalue weighted by Crippen LogP contribution is 2.49. The number of ether oxygens (including phenoxy) is 1. The molecule has 0 unspecified atom stereocenters. The standard InChI is InChI=1S/C17H20BrNO3/c1-22-17(21)11-5-7-19(8-6-11)16(20)15-10-14(15)12-3-2-4-13(18)9-12/h2-4,9,11,14-15H,5-8,10H2,1H3/t14-,15-/m1/s1. The number of benzene rings is 1. The topological polar surface area (TPSA) is 46.6 Å². The molecule has 4 nitrogen and oxygen atoms in total. The van der Waals surface area contributed by atoms with Crippen LogP contribution in [0.3, 0.4) is 0 Å². The second kappa shape index (κ2) is 6.41. The van der Waals surface area contributed by atoms with Crippen LogP contribution in [0.1, 0.15) is 30.7 Å². The second-order valence-corrected chi connectivity index (χ2v) is 7.04. The third kappa shape index (κ3) is 3.19. The van der Waals surface area contributed by atoms with Gasteiger partial charge in [0.2, 0.25) is 5.91 Å². The molecule has 1 aromatic rings. The Morgan fingerprint density at radius 1 is 1.27 bits per heavy atom. The predicted molar refractivity (Wildman–Crippen MR) is 86.3 cm³/mol. The number of piperidine rings is 1. The van der Waals surface area contributed by atoms with E-state index in [1.165, 1.54) is 12.7 Å². The van der Waals surface area contributed by atoms with Gasteiger partial charge in [0.25, 0.3) is 0 Å². The maximum absolute atomic E-state index is 12.6. The summed E-state index contributed by atoms with van der Waals surface area (Å²) in [5.41, 5.74) is 1.23. The molecule has 2 atom stereocenters. The Kier molecular flexibility index (Phi) is 4.52. The molecule has 1 saturated heterocycles. The molecule has 1 saturated carbocycles. The van der Waals surface area contributed by atoms with Crippen LogP contribution >= 0.6 is 15.9 Å². The molecule has 0 aromatic heterocycles. The number of esters is 1. The van der Waals surface area contributed by atoms with Gasteiger partial charge in [0.15, 0.2) is 0 Å². The fourth-order valence-electron chi connectivity index (χ4n) is 3.31. The number of likely N-dealkylation sites (tertiary alicyclic amines) is 1. The summed E-state index contributed by atoms with van der Waals surface area (Å²) in [7, 11) is 1.42. The van der Waals surface area contributed by atoms with Crippen molar-refractivity contribution >= 4 is 27.8 Å². The van der Waals surface area contributed by atoms with Crippen LogP contribution in [0.4, 0.5) is 0 Å². The first-order chi connectivity index (χ1) is 10.6. The average Bonchev–Trinajstić information content (AvgIpc) is 3.34. The largest absolute Gasteiger partial charge is 0.469 e. The monoisotopic (exact) mass is 365 g/mol. The number of hydrogen-bond acceptors (Lipinski definition) is 3. The van der Waals surface area contributed by atoms with Crippen LogP contribution in [0.15, 0.2) is 28.7 Å². The highest BCUT2D eigenvalue weighted by atomic mass is 79.9. The Morgan fingerprint density at radius 3 is 2.64 bits per heavy atom. The van der Waals surface area contributed by atoms with E-state index in [9.17, 15) is 9.59 Å². The van der Waals surface area contributed by atoms with Crippen molar-refractivity contribution in [1.82, 2.24) is 4.90 Å². The maximum atomic E-state index is 12.6. The quantitative estimate of drug-likeness (QED) is 0.773. The van der Waals surface area contributed by atoms with Crippen LogP contribution in [-0.2, 0) is 14.3 Å². The Labute approximate surface area is 138 Å². The van der Waals surface area contributed by atoms with Gasteiger partial charge in [-0.3, -0.25) is 9.59 Å². The number of nitrogens with zero attached hydrogens (tertiary/aromatic N) is 1. The number of carbonyl (C=O) groups excluding carboxylic acids is 2. The van der Waals surface area contributed by atoms with Gasteiger partial charge in [-0.05, 0) is 42.9 Å². The van der Waals surface area contributed by atoms with Crippen molar-refractivity contribution in [3.63, 3.8) is 0 Å². The van der Waals surface area contributed by atoms with Crippen molar-refractivity contribution in [1.29, 1.82) is 0 Å². The molecule has 5 heteroatoms. The molecule has 0 spiro atoms. The lowest BCUT2D eigenvalue weighted by Gasteiger charge is -2.31. The number of rotatable bonds is 3. The van der Waals surface area contributed by atoms with E-state index in [2.05, 4.69) is 28.1 Å². The minimum Gasteiger partial charge on any atom is -0.469 e. The molecule has 1 heterocycles. The van der Waals surface area contributed by atoms with Crippen LogP contribution < -0.4 is 0 Å². The number of carbonyl (C=O) groups is 2. The van der Waals surface area contributed by atoms with Gasteiger partial charge in [-0.25, -0.2) is 0 Å². The molecule has 2 aliphatic rings. The van der Waals surface area contributed by atoms with Crippen molar-refractivity contribution in [2.75, 3.05) is 20.2 Å². The van der Waals surface area contributed by atoms with Crippen molar-refractivity contribution in [2.24, 2.45) is 11.8 Å². The molecule has 1 amide bonds. The zero-order chi connectivity index (χ0) is 15.7. The highest BCUT2D eigenvalue weighted by Gasteiger charge is 2.46. The summed E-state index contributed by atoms with van der Waals surface area (Å²) in [6.45, 7) is 1.33. The van der Waals surface area contributed by atoms with E-state index >= 15 is 0 Å². The number of hydrogen-bond donors (Lipinski definition) is 0. The van der Waals surface area contributed by atoms with E-state index < -0.39 is 0 Å². The van der Waals surface area contributed by atoms with Crippen LogP contribution in [-0.4, -0.2) is 37.0 Å². The minimum absolute atomic E-state index is 0.0471. The number of halogens is 1. The van der Waals surface area contributed by atoms with Gasteiger partial charge in [-0.2, -0.15) is 0 Å². The fraction of sp³-hybridized carbons (Fsp3) is 0.529. The Morgan fingerprint density at radius 2 is 2.00 bits per heavy atom. The molecule has 0 N–H and O–H groups in total. The SMILES string of the molecule is COC(=O)C1CCN(C(=O)[C@@H]2C[C@@H]2c2cccc(Br)c2)CC1. The van der Waals surface area contributed by atoms with Gasteiger partial charge in [0.1, 0.15) is 0 Å². The molecule has 2 fully saturated rings. The molecule has 0 bridgehead atoms. The molecule has 1 aliphatic heterocycles. The third-order valence-corrected chi connectivity index (χ3v) is 5.22. The summed E-state index contributed by atoms with van der Waals surface area (Å²) in [5.74, 6) is 0.514. The molecule has 0 radical (unpaired) electrons. The zero-order valence-corrected chi connectivity index (χ0v) is 14.2. The Balaban J connectivity index is 1.55. The van der Waals surface area contributed by atoms with E-state index in [-0.39, 0.29) is 23.7 Å². The second-order valence-electron chi connectivity index (χ2n) is 6.13. The average molecular weight is 366 g/mol. The van der Waals surface area contributed by atoms with E-state index in [1.807, 2.05) is 17.0 Å². The molecule has 1 aromatic carbocycles. The molecule has 1 aliphatic carbocycles. The number of amides is 1. The molecule has 118 valence electrons. The van der Waals surface area contributed by atoms with E-state index in [4.69, 9.17) is 4.74 Å². The molecular formula is C17H20BrNO3. The van der Waals surface area contributed by atoms with Crippen molar-refractivity contribution < 1.29 is 14.3 Å². The van der Waals surface area contributed by atoms with Crippen molar-refractivity contribution in [2.45, 2.75) is 25.2 Å². The van der Waals surface area contributed by atoms with Crippen molar-refractivity contribution in [3.8, 4) is 0 Å². The summed E-state index contributed by atoms with van der Waals surface area (Å²) in [5, 5.41) is 0. The maximum Gasteiger partial charge on any atom is 0.308 e. The van der Waals surface area contributed by atoms with Gasteiger partial charge in [-0.1, -0.05) is 28.1 Å². The summed E-state index contributed by atoms with van der Waals surface area (Å²) < 4.78 is 5.84. The highest BCUT2D eigenvalue weighted by molar-refractivity contribution is 9.10. The van der Waals surface area contributed by atoms with Crippen LogP contribution in [0.2, 0.25) is 0 Å². The van der Waals surface area contributed by atoms with Crippen LogP contribution in [0, 0.1) is 11.8 Å². The Hall–Kier alpha value is -1.36. The van der Waals surface area contributed by atoms with Gasteiger partial charge >= 0.3 is 5.97 Å². The minimum atomic E-state index is -0.148. The molecular weight excluding hydrogens is 346 g/mol. The van der Waals surface area contributed by atoms with Gasteiger partial charge < -0.3 is 9.64 Å². The zero-order valence-electron chi connectivity index (χ0n) is 12.6. The third-order valence-electron chi connectivity index (χ3n) is 4.73. The molecule has 22 heavy (non-hydrogen) atoms. The first kappa shape index (κ1) is 15.5. The summed E-state index contributed by atoms with van der Waals surface area (Å²) in [4.78, 5) is 26.0. The van der Waals surface area contributed by atoms with Gasteiger partial charge in [0, 0.05) is 23.5 Å².